The number of rotatable bonds is 5. The molecule has 5 nitrogen and oxygen atoms in total. The van der Waals surface area contributed by atoms with Crippen LogP contribution in [0.1, 0.15) is 31.0 Å². The molecule has 1 aliphatic rings. The van der Waals surface area contributed by atoms with Crippen molar-refractivity contribution in [1.82, 2.24) is 9.97 Å². The summed E-state index contributed by atoms with van der Waals surface area (Å²) >= 11 is 0. The van der Waals surface area contributed by atoms with E-state index in [9.17, 15) is 4.79 Å². The van der Waals surface area contributed by atoms with Crippen molar-refractivity contribution in [2.75, 3.05) is 36.0 Å². The van der Waals surface area contributed by atoms with Crippen LogP contribution in [0.15, 0.2) is 35.1 Å². The van der Waals surface area contributed by atoms with E-state index in [2.05, 4.69) is 57.9 Å². The molecule has 0 amide bonds. The third-order valence-electron chi connectivity index (χ3n) is 4.51. The quantitative estimate of drug-likeness (QED) is 0.918. The average molecular weight is 326 g/mol. The standard InChI is InChI=1S/C19H26N4O/c1-3-4-7-16-14-18(24)21-19(20-16)23-11-9-22(10-12-23)17-8-5-6-15(2)13-17/h5-6,8,13-14H,3-4,7,9-12H2,1-2H3,(H,20,21,24). The van der Waals surface area contributed by atoms with Gasteiger partial charge in [-0.2, -0.15) is 0 Å². The normalized spacial score (nSPS) is 14.9. The van der Waals surface area contributed by atoms with Gasteiger partial charge in [0.05, 0.1) is 0 Å². The maximum Gasteiger partial charge on any atom is 0.252 e. The van der Waals surface area contributed by atoms with Crippen LogP contribution in [0, 0.1) is 6.92 Å². The second-order valence-corrected chi connectivity index (χ2v) is 6.48. The van der Waals surface area contributed by atoms with Crippen molar-refractivity contribution in [3.8, 4) is 0 Å². The summed E-state index contributed by atoms with van der Waals surface area (Å²) < 4.78 is 0. The van der Waals surface area contributed by atoms with Crippen LogP contribution < -0.4 is 15.4 Å². The number of nitrogens with one attached hydrogen (secondary N) is 1. The molecule has 1 fully saturated rings. The van der Waals surface area contributed by atoms with Crippen LogP contribution in [-0.2, 0) is 6.42 Å². The van der Waals surface area contributed by atoms with E-state index in [1.165, 1.54) is 11.3 Å². The molecule has 3 rings (SSSR count). The number of nitrogens with zero attached hydrogens (tertiary/aromatic N) is 3. The Morgan fingerprint density at radius 3 is 2.58 bits per heavy atom. The van der Waals surface area contributed by atoms with Crippen molar-refractivity contribution in [2.24, 2.45) is 0 Å². The molecule has 0 unspecified atom stereocenters. The van der Waals surface area contributed by atoms with E-state index >= 15 is 0 Å². The third-order valence-corrected chi connectivity index (χ3v) is 4.51. The van der Waals surface area contributed by atoms with E-state index in [1.807, 2.05) is 0 Å². The lowest BCUT2D eigenvalue weighted by molar-refractivity contribution is 0.635. The predicted molar refractivity (Wildman–Crippen MR) is 99.1 cm³/mol. The second-order valence-electron chi connectivity index (χ2n) is 6.48. The van der Waals surface area contributed by atoms with Gasteiger partial charge in [-0.25, -0.2) is 4.98 Å². The number of unbranched alkanes of at least 4 members (excludes halogenated alkanes) is 1. The van der Waals surface area contributed by atoms with Crippen LogP contribution in [0.2, 0.25) is 0 Å². The fraction of sp³-hybridized carbons (Fsp3) is 0.474. The molecular weight excluding hydrogens is 300 g/mol. The highest BCUT2D eigenvalue weighted by molar-refractivity contribution is 5.50. The maximum absolute atomic E-state index is 11.9. The Hall–Kier alpha value is -2.30. The minimum atomic E-state index is -0.0489. The number of hydrogen-bond donors (Lipinski definition) is 1. The Labute approximate surface area is 143 Å². The molecule has 0 radical (unpaired) electrons. The summed E-state index contributed by atoms with van der Waals surface area (Å²) in [6.45, 7) is 7.88. The molecule has 0 aliphatic carbocycles. The van der Waals surface area contributed by atoms with Gasteiger partial charge in [0.25, 0.3) is 5.56 Å². The number of aromatic nitrogens is 2. The number of benzene rings is 1. The Kier molecular flexibility index (Phi) is 5.18. The lowest BCUT2D eigenvalue weighted by Gasteiger charge is -2.36. The van der Waals surface area contributed by atoms with Crippen LogP contribution in [0.5, 0.6) is 0 Å². The van der Waals surface area contributed by atoms with Crippen LogP contribution in [0.3, 0.4) is 0 Å². The highest BCUT2D eigenvalue weighted by atomic mass is 16.1. The molecule has 128 valence electrons. The van der Waals surface area contributed by atoms with Crippen LogP contribution in [0.25, 0.3) is 0 Å². The highest BCUT2D eigenvalue weighted by Gasteiger charge is 2.19. The number of aromatic amines is 1. The summed E-state index contributed by atoms with van der Waals surface area (Å²) in [4.78, 5) is 24.0. The Bertz CT molecular complexity index is 732. The van der Waals surface area contributed by atoms with Gasteiger partial charge in [-0.1, -0.05) is 25.5 Å². The molecule has 5 heteroatoms. The van der Waals surface area contributed by atoms with Gasteiger partial charge in [-0.05, 0) is 37.5 Å². The summed E-state index contributed by atoms with van der Waals surface area (Å²) in [6, 6.07) is 10.2. The van der Waals surface area contributed by atoms with Crippen LogP contribution in [-0.4, -0.2) is 36.1 Å². The molecule has 1 aromatic carbocycles. The molecule has 0 atom stereocenters. The molecular formula is C19H26N4O. The first-order valence-electron chi connectivity index (χ1n) is 8.82. The first kappa shape index (κ1) is 16.6. The Balaban J connectivity index is 1.68. The van der Waals surface area contributed by atoms with Gasteiger partial charge < -0.3 is 9.80 Å². The van der Waals surface area contributed by atoms with E-state index in [-0.39, 0.29) is 5.56 Å². The summed E-state index contributed by atoms with van der Waals surface area (Å²) in [5.41, 5.74) is 3.40. The van der Waals surface area contributed by atoms with Crippen molar-refractivity contribution in [2.45, 2.75) is 33.1 Å². The van der Waals surface area contributed by atoms with Crippen molar-refractivity contribution in [1.29, 1.82) is 0 Å². The molecule has 0 bridgehead atoms. The lowest BCUT2D eigenvalue weighted by atomic mass is 10.2. The number of hydrogen-bond acceptors (Lipinski definition) is 4. The second kappa shape index (κ2) is 7.51. The molecule has 1 saturated heterocycles. The van der Waals surface area contributed by atoms with E-state index in [0.717, 1.165) is 57.1 Å². The zero-order valence-corrected chi connectivity index (χ0v) is 14.6. The van der Waals surface area contributed by atoms with Gasteiger partial charge in [-0.3, -0.25) is 9.78 Å². The molecule has 2 aromatic rings. The number of piperazine rings is 1. The minimum Gasteiger partial charge on any atom is -0.368 e. The van der Waals surface area contributed by atoms with Gasteiger partial charge in [0, 0.05) is 43.6 Å². The van der Waals surface area contributed by atoms with E-state index in [0.29, 0.717) is 0 Å². The molecule has 1 aromatic heterocycles. The lowest BCUT2D eigenvalue weighted by Crippen LogP contribution is -2.47. The monoisotopic (exact) mass is 326 g/mol. The Morgan fingerprint density at radius 2 is 1.88 bits per heavy atom. The van der Waals surface area contributed by atoms with E-state index in [4.69, 9.17) is 0 Å². The number of anilines is 2. The van der Waals surface area contributed by atoms with E-state index < -0.39 is 0 Å². The van der Waals surface area contributed by atoms with Gasteiger partial charge in [0.15, 0.2) is 0 Å². The van der Waals surface area contributed by atoms with Crippen LogP contribution in [0.4, 0.5) is 11.6 Å². The SMILES string of the molecule is CCCCc1cc(=O)[nH]c(N2CCN(c3cccc(C)c3)CC2)n1. The number of H-pyrrole nitrogens is 1. The molecule has 0 saturated carbocycles. The fourth-order valence-electron chi connectivity index (χ4n) is 3.13. The molecule has 1 aliphatic heterocycles. The summed E-state index contributed by atoms with van der Waals surface area (Å²) in [5, 5.41) is 0. The van der Waals surface area contributed by atoms with Crippen molar-refractivity contribution >= 4 is 11.6 Å². The smallest absolute Gasteiger partial charge is 0.252 e. The van der Waals surface area contributed by atoms with E-state index in [1.54, 1.807) is 6.07 Å². The van der Waals surface area contributed by atoms with Gasteiger partial charge in [0.1, 0.15) is 0 Å². The largest absolute Gasteiger partial charge is 0.368 e. The summed E-state index contributed by atoms with van der Waals surface area (Å²) in [5.74, 6) is 0.720. The highest BCUT2D eigenvalue weighted by Crippen LogP contribution is 2.19. The number of aryl methyl sites for hydroxylation is 2. The van der Waals surface area contributed by atoms with Gasteiger partial charge in [0.2, 0.25) is 5.95 Å². The summed E-state index contributed by atoms with van der Waals surface area (Å²) in [7, 11) is 0. The first-order valence-corrected chi connectivity index (χ1v) is 8.82. The molecule has 0 spiro atoms. The van der Waals surface area contributed by atoms with Gasteiger partial charge >= 0.3 is 0 Å². The molecule has 1 N–H and O–H groups in total. The average Bonchev–Trinajstić information content (AvgIpc) is 2.60. The Morgan fingerprint density at radius 1 is 1.12 bits per heavy atom. The first-order chi connectivity index (χ1) is 11.7. The van der Waals surface area contributed by atoms with Gasteiger partial charge in [-0.15, -0.1) is 0 Å². The molecule has 2 heterocycles. The fourth-order valence-corrected chi connectivity index (χ4v) is 3.13. The zero-order valence-electron chi connectivity index (χ0n) is 14.6. The van der Waals surface area contributed by atoms with Crippen LogP contribution >= 0.6 is 0 Å². The summed E-state index contributed by atoms with van der Waals surface area (Å²) in [6.07, 6.45) is 3.05. The zero-order chi connectivity index (χ0) is 16.9. The predicted octanol–water partition coefficient (Wildman–Crippen LogP) is 2.75. The third kappa shape index (κ3) is 3.96. The topological polar surface area (TPSA) is 52.2 Å². The minimum absolute atomic E-state index is 0.0489. The van der Waals surface area contributed by atoms with Crippen molar-refractivity contribution in [3.05, 3.63) is 51.9 Å². The van der Waals surface area contributed by atoms with Crippen molar-refractivity contribution < 1.29 is 0 Å². The van der Waals surface area contributed by atoms with Crippen molar-refractivity contribution in [3.63, 3.8) is 0 Å². The molecule has 24 heavy (non-hydrogen) atoms. The maximum atomic E-state index is 11.9.